The number of carbonyl (C=O) groups excluding carboxylic acids is 4. The van der Waals surface area contributed by atoms with Gasteiger partial charge in [-0.15, -0.1) is 11.3 Å². The zero-order valence-corrected chi connectivity index (χ0v) is 37.3. The fraction of sp³-hybridized carbons (Fsp3) is 0.565. The summed E-state index contributed by atoms with van der Waals surface area (Å²) in [6.45, 7) is 12.2. The molecule has 0 aliphatic carbocycles. The Labute approximate surface area is 359 Å². The van der Waals surface area contributed by atoms with Crippen LogP contribution in [0.25, 0.3) is 11.1 Å². The highest BCUT2D eigenvalue weighted by atomic mass is 32.1. The van der Waals surface area contributed by atoms with Crippen LogP contribution in [0.4, 0.5) is 0 Å². The van der Waals surface area contributed by atoms with Crippen LogP contribution in [0.3, 0.4) is 0 Å². The summed E-state index contributed by atoms with van der Waals surface area (Å²) < 4.78 is 11.3. The molecule has 3 N–H and O–H groups in total. The molecule has 2 heterocycles. The number of esters is 1. The van der Waals surface area contributed by atoms with Crippen molar-refractivity contribution >= 4 is 41.0 Å². The number of benzene rings is 2. The topological polar surface area (TPSA) is 167 Å². The molecule has 0 bridgehead atoms. The number of amides is 3. The number of aromatic nitrogens is 1. The van der Waals surface area contributed by atoms with E-state index in [1.165, 1.54) is 18.3 Å². The van der Waals surface area contributed by atoms with E-state index in [0.29, 0.717) is 17.8 Å². The fourth-order valence-electron chi connectivity index (χ4n) is 7.79. The van der Waals surface area contributed by atoms with Crippen molar-refractivity contribution in [3.8, 4) is 11.1 Å². The minimum atomic E-state index is -0.957. The van der Waals surface area contributed by atoms with Crippen molar-refractivity contribution in [1.29, 1.82) is 0 Å². The van der Waals surface area contributed by atoms with E-state index in [2.05, 4.69) is 15.6 Å². The summed E-state index contributed by atoms with van der Waals surface area (Å²) in [5.41, 5.74) is 3.18. The molecule has 13 nitrogen and oxygen atoms in total. The lowest BCUT2D eigenvalue weighted by Gasteiger charge is -2.40. The second kappa shape index (κ2) is 23.4. The number of rotatable bonds is 22. The molecule has 0 saturated carbocycles. The molecule has 7 unspecified atom stereocenters. The highest BCUT2D eigenvalue weighted by Gasteiger charge is 2.39. The number of aliphatic carboxylic acids is 1. The maximum absolute atomic E-state index is 14.7. The van der Waals surface area contributed by atoms with Crippen molar-refractivity contribution in [1.82, 2.24) is 25.4 Å². The number of carboxylic acids is 1. The molecule has 328 valence electrons. The van der Waals surface area contributed by atoms with Gasteiger partial charge in [0.15, 0.2) is 6.10 Å². The quantitative estimate of drug-likeness (QED) is 0.0919. The molecule has 1 aliphatic heterocycles. The lowest BCUT2D eigenvalue weighted by Crippen LogP contribution is -2.59. The number of carbonyl (C=O) groups is 5. The highest BCUT2D eigenvalue weighted by molar-refractivity contribution is 7.09. The number of thiazole rings is 1. The van der Waals surface area contributed by atoms with Gasteiger partial charge in [0.05, 0.1) is 18.6 Å². The van der Waals surface area contributed by atoms with Crippen molar-refractivity contribution in [2.24, 2.45) is 17.8 Å². The molecule has 1 aliphatic rings. The van der Waals surface area contributed by atoms with Crippen LogP contribution < -0.4 is 10.6 Å². The van der Waals surface area contributed by atoms with Crippen molar-refractivity contribution in [2.75, 3.05) is 33.9 Å². The molecule has 1 fully saturated rings. The number of hydrogen-bond acceptors (Lipinski definition) is 10. The minimum Gasteiger partial charge on any atom is -0.481 e. The first-order chi connectivity index (χ1) is 28.6. The zero-order valence-electron chi connectivity index (χ0n) is 36.5. The largest absolute Gasteiger partial charge is 0.481 e. The molecule has 1 aromatic heterocycles. The number of nitrogens with zero attached hydrogens (tertiary/aromatic N) is 3. The van der Waals surface area contributed by atoms with Crippen LogP contribution in [0.5, 0.6) is 0 Å². The molecular weight excluding hydrogens is 783 g/mol. The SMILES string of the molecule is CCC(C)C(NC(=O)C1CCCCN1C)C(=O)N(CCOC)C(CC(OC(C)=O)c1nc(C(=O)NC(Cc2ccc(-c3ccccc3)cc2)CC(C)C(=O)O)cs1)C(C)C. The summed E-state index contributed by atoms with van der Waals surface area (Å²) in [5, 5.41) is 17.9. The number of methoxy groups -OCH3 is 1. The van der Waals surface area contributed by atoms with Gasteiger partial charge in [-0.05, 0) is 67.8 Å². The van der Waals surface area contributed by atoms with Gasteiger partial charge in [-0.1, -0.05) is 102 Å². The average Bonchev–Trinajstić information content (AvgIpc) is 3.73. The van der Waals surface area contributed by atoms with Crippen LogP contribution in [-0.2, 0) is 35.1 Å². The monoisotopic (exact) mass is 847 g/mol. The summed E-state index contributed by atoms with van der Waals surface area (Å²) in [4.78, 5) is 75.1. The second-order valence-electron chi connectivity index (χ2n) is 16.5. The van der Waals surface area contributed by atoms with Gasteiger partial charge in [-0.25, -0.2) is 4.98 Å². The van der Waals surface area contributed by atoms with Crippen LogP contribution in [0.15, 0.2) is 60.0 Å². The van der Waals surface area contributed by atoms with E-state index in [0.717, 1.165) is 42.5 Å². The van der Waals surface area contributed by atoms with E-state index in [-0.39, 0.29) is 61.4 Å². The number of piperidine rings is 1. The molecule has 4 rings (SSSR count). The predicted molar refractivity (Wildman–Crippen MR) is 233 cm³/mol. The van der Waals surface area contributed by atoms with E-state index in [1.54, 1.807) is 24.3 Å². The van der Waals surface area contributed by atoms with Crippen LogP contribution in [-0.4, -0.2) is 108 Å². The van der Waals surface area contributed by atoms with Gasteiger partial charge < -0.3 is 30.1 Å². The lowest BCUT2D eigenvalue weighted by atomic mass is 9.92. The van der Waals surface area contributed by atoms with E-state index in [9.17, 15) is 29.1 Å². The number of ether oxygens (including phenoxy) is 2. The van der Waals surface area contributed by atoms with Gasteiger partial charge in [0, 0.05) is 44.5 Å². The molecule has 3 amide bonds. The maximum atomic E-state index is 14.7. The van der Waals surface area contributed by atoms with Gasteiger partial charge in [0.1, 0.15) is 16.7 Å². The van der Waals surface area contributed by atoms with Gasteiger partial charge in [-0.3, -0.25) is 28.9 Å². The van der Waals surface area contributed by atoms with Crippen molar-refractivity contribution in [2.45, 2.75) is 117 Å². The molecule has 60 heavy (non-hydrogen) atoms. The summed E-state index contributed by atoms with van der Waals surface area (Å²) in [5.74, 6) is -3.34. The van der Waals surface area contributed by atoms with Crippen molar-refractivity contribution < 1.29 is 38.6 Å². The first kappa shape index (κ1) is 48.0. The molecule has 0 radical (unpaired) electrons. The Balaban J connectivity index is 1.57. The smallest absolute Gasteiger partial charge is 0.306 e. The number of likely N-dealkylation sites (N-methyl/N-ethyl adjacent to an activating group) is 1. The predicted octanol–water partition coefficient (Wildman–Crippen LogP) is 6.77. The standard InChI is InChI=1S/C46H65N5O8S/c1-9-30(4)41(49-43(54)38-17-13-14-22-50(38)7)45(55)51(23-24-58-8)39(29(2)3)27-40(59-32(6)52)44-48-37(28-60-44)42(53)47-36(25-31(5)46(56)57)26-33-18-20-35(21-19-33)34-15-11-10-12-16-34/h10-12,15-16,18-21,28-31,36,38-41H,9,13-14,17,22-27H2,1-8H3,(H,47,53)(H,49,54)(H,56,57). The molecule has 3 aromatic rings. The third-order valence-corrected chi connectivity index (χ3v) is 12.5. The Morgan fingerprint density at radius 3 is 2.25 bits per heavy atom. The number of hydrogen-bond donors (Lipinski definition) is 3. The minimum absolute atomic E-state index is 0.108. The van der Waals surface area contributed by atoms with Crippen molar-refractivity contribution in [3.05, 3.63) is 76.2 Å². The first-order valence-electron chi connectivity index (χ1n) is 21.2. The van der Waals surface area contributed by atoms with Crippen LogP contribution >= 0.6 is 11.3 Å². The Morgan fingerprint density at radius 1 is 0.967 bits per heavy atom. The summed E-state index contributed by atoms with van der Waals surface area (Å²) >= 11 is 1.18. The van der Waals surface area contributed by atoms with Gasteiger partial charge in [0.25, 0.3) is 5.91 Å². The Morgan fingerprint density at radius 2 is 1.65 bits per heavy atom. The Kier molecular flexibility index (Phi) is 18.7. The van der Waals surface area contributed by atoms with Crippen LogP contribution in [0.1, 0.15) is 107 Å². The average molecular weight is 848 g/mol. The molecule has 2 aromatic carbocycles. The molecule has 1 saturated heterocycles. The van der Waals surface area contributed by atoms with Gasteiger partial charge in [0.2, 0.25) is 11.8 Å². The fourth-order valence-corrected chi connectivity index (χ4v) is 8.63. The summed E-state index contributed by atoms with van der Waals surface area (Å²) in [7, 11) is 3.51. The van der Waals surface area contributed by atoms with Crippen molar-refractivity contribution in [3.63, 3.8) is 0 Å². The first-order valence-corrected chi connectivity index (χ1v) is 22.1. The Bertz CT molecular complexity index is 1850. The normalized spacial score (nSPS) is 17.4. The molecular formula is C46H65N5O8S. The number of nitrogens with one attached hydrogen (secondary N) is 2. The van der Waals surface area contributed by atoms with E-state index in [4.69, 9.17) is 9.47 Å². The molecule has 7 atom stereocenters. The van der Waals surface area contributed by atoms with Gasteiger partial charge >= 0.3 is 11.9 Å². The van der Waals surface area contributed by atoms with Gasteiger partial charge in [-0.2, -0.15) is 0 Å². The number of likely N-dealkylation sites (tertiary alicyclic amines) is 1. The zero-order chi connectivity index (χ0) is 43.9. The second-order valence-corrected chi connectivity index (χ2v) is 17.4. The lowest BCUT2D eigenvalue weighted by molar-refractivity contribution is -0.150. The molecule has 0 spiro atoms. The van der Waals surface area contributed by atoms with Crippen LogP contribution in [0, 0.1) is 17.8 Å². The molecule has 14 heteroatoms. The third-order valence-electron chi connectivity index (χ3n) is 11.6. The van der Waals surface area contributed by atoms with E-state index >= 15 is 0 Å². The van der Waals surface area contributed by atoms with E-state index < -0.39 is 48.0 Å². The highest BCUT2D eigenvalue weighted by Crippen LogP contribution is 2.32. The Hall–Kier alpha value is -4.66. The summed E-state index contributed by atoms with van der Waals surface area (Å²) in [6.07, 6.45) is 3.28. The maximum Gasteiger partial charge on any atom is 0.306 e. The third kappa shape index (κ3) is 13.7. The number of carboxylic acid groups (broad SMARTS) is 1. The van der Waals surface area contributed by atoms with E-state index in [1.807, 2.05) is 94.2 Å². The summed E-state index contributed by atoms with van der Waals surface area (Å²) in [6, 6.07) is 15.9. The van der Waals surface area contributed by atoms with Crippen LogP contribution in [0.2, 0.25) is 0 Å².